The zero-order valence-electron chi connectivity index (χ0n) is 20.5. The number of carboxylic acid groups (broad SMARTS) is 3. The number of carbonyl (C=O) groups is 5. The molecule has 15 heteroatoms. The number of para-hydroxylation sites is 1. The van der Waals surface area contributed by atoms with Crippen LogP contribution in [-0.4, -0.2) is 85.9 Å². The number of nitrogens with one attached hydrogen (secondary N) is 3. The van der Waals surface area contributed by atoms with Crippen molar-refractivity contribution in [2.24, 2.45) is 5.73 Å². The zero-order chi connectivity index (χ0) is 29.1. The Kier molecular flexibility index (Phi) is 12.3. The number of aliphatic hydroxyl groups excluding tert-OH is 1. The Hall–Kier alpha value is -3.59. The molecule has 1 aliphatic rings. The molecule has 0 radical (unpaired) electrons. The summed E-state index contributed by atoms with van der Waals surface area (Å²) >= 11 is 7.44. The van der Waals surface area contributed by atoms with Gasteiger partial charge in [-0.1, -0.05) is 35.9 Å². The molecule has 0 aromatic heterocycles. The van der Waals surface area contributed by atoms with Gasteiger partial charge in [-0.25, -0.2) is 0 Å². The van der Waals surface area contributed by atoms with Gasteiger partial charge in [0.05, 0.1) is 28.5 Å². The molecule has 2 unspecified atom stereocenters. The van der Waals surface area contributed by atoms with Gasteiger partial charge in [-0.05, 0) is 24.1 Å². The first kappa shape index (κ1) is 31.6. The second kappa shape index (κ2) is 15.1. The number of anilines is 1. The fourth-order valence-corrected chi connectivity index (χ4v) is 5.02. The highest BCUT2D eigenvalue weighted by atomic mass is 35.5. The predicted molar refractivity (Wildman–Crippen MR) is 143 cm³/mol. The average molecular weight is 585 g/mol. The average Bonchev–Trinajstić information content (AvgIpc) is 2.87. The number of hydrogen-bond acceptors (Lipinski definition) is 9. The van der Waals surface area contributed by atoms with Gasteiger partial charge in [0, 0.05) is 17.9 Å². The molecule has 1 aromatic carbocycles. The van der Waals surface area contributed by atoms with Gasteiger partial charge in [-0.3, -0.25) is 24.0 Å². The van der Waals surface area contributed by atoms with Crippen LogP contribution in [0.5, 0.6) is 0 Å². The lowest BCUT2D eigenvalue weighted by atomic mass is 10.1. The molecule has 0 aliphatic heterocycles. The Bertz CT molecular complexity index is 1160. The molecular weight excluding hydrogens is 556 g/mol. The maximum Gasteiger partial charge on any atom is 0.322 e. The maximum absolute atomic E-state index is 12.7. The van der Waals surface area contributed by atoms with E-state index < -0.39 is 59.7 Å². The highest BCUT2D eigenvalue weighted by molar-refractivity contribution is 8.00. The SMILES string of the molecule is N[C@@H](CCC(=O)N[C@@H](CSC1C(Nc2ccccc2CC(=O)O)=C(Cl)C=CC1O)C(=O)NCC(=O)O)C(=O)O. The number of rotatable bonds is 15. The monoisotopic (exact) mass is 584 g/mol. The molecule has 0 saturated carbocycles. The van der Waals surface area contributed by atoms with Crippen LogP contribution in [0.2, 0.25) is 0 Å². The van der Waals surface area contributed by atoms with E-state index in [1.165, 1.54) is 12.2 Å². The van der Waals surface area contributed by atoms with Crippen LogP contribution in [0, 0.1) is 0 Å². The lowest BCUT2D eigenvalue weighted by Gasteiger charge is -2.30. The van der Waals surface area contributed by atoms with Crippen LogP contribution < -0.4 is 21.7 Å². The first-order chi connectivity index (χ1) is 18.4. The summed E-state index contributed by atoms with van der Waals surface area (Å²) in [5, 5.41) is 44.8. The number of carbonyl (C=O) groups excluding carboxylic acids is 2. The Labute approximate surface area is 232 Å². The Morgan fingerprint density at radius 2 is 1.77 bits per heavy atom. The molecule has 13 nitrogen and oxygen atoms in total. The highest BCUT2D eigenvalue weighted by Gasteiger charge is 2.31. The molecule has 0 heterocycles. The first-order valence-electron chi connectivity index (χ1n) is 11.6. The van der Waals surface area contributed by atoms with Gasteiger partial charge in [-0.15, -0.1) is 11.8 Å². The Morgan fingerprint density at radius 3 is 2.41 bits per heavy atom. The van der Waals surface area contributed by atoms with Gasteiger partial charge < -0.3 is 42.1 Å². The molecule has 0 bridgehead atoms. The molecule has 2 amide bonds. The molecule has 2 rings (SSSR count). The summed E-state index contributed by atoms with van der Waals surface area (Å²) in [6.07, 6.45) is 1.06. The van der Waals surface area contributed by atoms with Gasteiger partial charge in [0.2, 0.25) is 11.8 Å². The van der Waals surface area contributed by atoms with Crippen molar-refractivity contribution in [3.8, 4) is 0 Å². The molecule has 212 valence electrons. The molecule has 39 heavy (non-hydrogen) atoms. The van der Waals surface area contributed by atoms with Crippen LogP contribution in [0.15, 0.2) is 47.1 Å². The number of nitrogens with two attached hydrogens (primary N) is 1. The summed E-state index contributed by atoms with van der Waals surface area (Å²) in [7, 11) is 0. The molecule has 1 aromatic rings. The van der Waals surface area contributed by atoms with Crippen molar-refractivity contribution < 1.29 is 44.4 Å². The topological polar surface area (TPSA) is 228 Å². The number of carboxylic acids is 3. The van der Waals surface area contributed by atoms with E-state index in [1.807, 2.05) is 0 Å². The normalized spacial score (nSPS) is 18.1. The second-order valence-electron chi connectivity index (χ2n) is 8.43. The highest BCUT2D eigenvalue weighted by Crippen LogP contribution is 2.34. The van der Waals surface area contributed by atoms with Gasteiger partial charge in [0.25, 0.3) is 0 Å². The number of aliphatic hydroxyl groups is 1. The van der Waals surface area contributed by atoms with Crippen LogP contribution in [0.4, 0.5) is 5.69 Å². The summed E-state index contributed by atoms with van der Waals surface area (Å²) in [5.74, 6) is -5.26. The van der Waals surface area contributed by atoms with Crippen molar-refractivity contribution >= 4 is 58.8 Å². The minimum Gasteiger partial charge on any atom is -0.481 e. The zero-order valence-corrected chi connectivity index (χ0v) is 22.1. The lowest BCUT2D eigenvalue weighted by Crippen LogP contribution is -2.50. The third-order valence-corrected chi connectivity index (χ3v) is 7.16. The quantitative estimate of drug-likeness (QED) is 0.137. The fraction of sp³-hybridized carbons (Fsp3) is 0.375. The molecule has 0 fully saturated rings. The number of hydrogen-bond donors (Lipinski definition) is 8. The van der Waals surface area contributed by atoms with E-state index in [1.54, 1.807) is 24.3 Å². The number of benzene rings is 1. The van der Waals surface area contributed by atoms with E-state index in [2.05, 4.69) is 16.0 Å². The van der Waals surface area contributed by atoms with Gasteiger partial charge >= 0.3 is 17.9 Å². The minimum absolute atomic E-state index is 0.135. The molecule has 4 atom stereocenters. The van der Waals surface area contributed by atoms with E-state index in [4.69, 9.17) is 27.5 Å². The number of allylic oxidation sites excluding steroid dienone is 2. The fourth-order valence-electron chi connectivity index (χ4n) is 3.44. The smallest absolute Gasteiger partial charge is 0.322 e. The van der Waals surface area contributed by atoms with Crippen LogP contribution in [0.25, 0.3) is 0 Å². The van der Waals surface area contributed by atoms with Crippen LogP contribution in [-0.2, 0) is 30.4 Å². The number of halogens is 1. The number of amides is 2. The lowest BCUT2D eigenvalue weighted by molar-refractivity contribution is -0.139. The maximum atomic E-state index is 12.7. The Balaban J connectivity index is 2.21. The van der Waals surface area contributed by atoms with Crippen molar-refractivity contribution in [2.45, 2.75) is 42.7 Å². The third-order valence-electron chi connectivity index (χ3n) is 5.43. The third kappa shape index (κ3) is 10.2. The van der Waals surface area contributed by atoms with E-state index in [0.29, 0.717) is 16.9 Å². The molecule has 1 aliphatic carbocycles. The van der Waals surface area contributed by atoms with Gasteiger partial charge in [0.15, 0.2) is 0 Å². The second-order valence-corrected chi connectivity index (χ2v) is 10.0. The largest absolute Gasteiger partial charge is 0.481 e. The van der Waals surface area contributed by atoms with E-state index in [-0.39, 0.29) is 30.0 Å². The van der Waals surface area contributed by atoms with Crippen molar-refractivity contribution in [3.05, 3.63) is 52.7 Å². The summed E-state index contributed by atoms with van der Waals surface area (Å²) in [6.45, 7) is -0.701. The standard InChI is InChI=1S/C24H29ClN4O9S/c25-13-5-7-17(30)22(21(13)29-15-4-2-1-3-12(15)9-19(32)33)39-11-16(23(36)27-10-20(34)35)28-18(31)8-6-14(26)24(37)38/h1-5,7,14,16-17,22,29-30H,6,8-11,26H2,(H,27,36)(H,28,31)(H,32,33)(H,34,35)(H,37,38)/t14-,16-,17?,22?/m0/s1. The minimum atomic E-state index is -1.30. The summed E-state index contributed by atoms with van der Waals surface area (Å²) in [6, 6.07) is 4.10. The van der Waals surface area contributed by atoms with Crippen LogP contribution >= 0.6 is 23.4 Å². The van der Waals surface area contributed by atoms with Crippen LogP contribution in [0.3, 0.4) is 0 Å². The van der Waals surface area contributed by atoms with Crippen molar-refractivity contribution in [1.82, 2.24) is 10.6 Å². The number of aliphatic carboxylic acids is 3. The molecule has 0 spiro atoms. The summed E-state index contributed by atoms with van der Waals surface area (Å²) < 4.78 is 0. The number of thioether (sulfide) groups is 1. The first-order valence-corrected chi connectivity index (χ1v) is 13.0. The van der Waals surface area contributed by atoms with Gasteiger partial charge in [0.1, 0.15) is 18.6 Å². The van der Waals surface area contributed by atoms with Crippen LogP contribution in [0.1, 0.15) is 18.4 Å². The van der Waals surface area contributed by atoms with E-state index in [0.717, 1.165) is 11.8 Å². The van der Waals surface area contributed by atoms with Crippen molar-refractivity contribution in [1.29, 1.82) is 0 Å². The van der Waals surface area contributed by atoms with Gasteiger partial charge in [-0.2, -0.15) is 0 Å². The Morgan fingerprint density at radius 1 is 1.08 bits per heavy atom. The molecular formula is C24H29ClN4O9S. The summed E-state index contributed by atoms with van der Waals surface area (Å²) in [4.78, 5) is 58.1. The van der Waals surface area contributed by atoms with E-state index in [9.17, 15) is 34.2 Å². The van der Waals surface area contributed by atoms with E-state index >= 15 is 0 Å². The summed E-state index contributed by atoms with van der Waals surface area (Å²) in [5.41, 5.74) is 6.66. The molecule has 0 saturated heterocycles. The predicted octanol–water partition coefficient (Wildman–Crippen LogP) is 0.0862. The van der Waals surface area contributed by atoms with Crippen molar-refractivity contribution in [3.63, 3.8) is 0 Å². The molecule has 9 N–H and O–H groups in total. The van der Waals surface area contributed by atoms with Crippen molar-refractivity contribution in [2.75, 3.05) is 17.6 Å².